The van der Waals surface area contributed by atoms with Gasteiger partial charge in [0.1, 0.15) is 0 Å². The summed E-state index contributed by atoms with van der Waals surface area (Å²) in [5.74, 6) is 2.44. The number of rotatable bonds is 5. The molecule has 4 saturated carbocycles. The molecule has 3 aromatic carbocycles. The first-order valence-corrected chi connectivity index (χ1v) is 13.7. The number of carbonyl (C=O) groups excluding carboxylic acids is 2. The monoisotopic (exact) mass is 491 g/mol. The molecule has 1 unspecified atom stereocenters. The van der Waals surface area contributed by atoms with Crippen LogP contribution in [0.3, 0.4) is 0 Å². The fourth-order valence-corrected chi connectivity index (χ4v) is 7.88. The number of amides is 2. The molecule has 3 N–H and O–H groups in total. The van der Waals surface area contributed by atoms with Crippen molar-refractivity contribution in [3.05, 3.63) is 89.5 Å². The lowest BCUT2D eigenvalue weighted by Crippen LogP contribution is -2.51. The molecule has 0 spiro atoms. The lowest BCUT2D eigenvalue weighted by atomic mass is 9.49. The molecule has 5 nitrogen and oxygen atoms in total. The van der Waals surface area contributed by atoms with Crippen molar-refractivity contribution in [2.75, 3.05) is 16.0 Å². The average molecular weight is 492 g/mol. The topological polar surface area (TPSA) is 70.2 Å². The summed E-state index contributed by atoms with van der Waals surface area (Å²) in [7, 11) is 0. The quantitative estimate of drug-likeness (QED) is 0.367. The summed E-state index contributed by atoms with van der Waals surface area (Å²) in [6.07, 6.45) is 8.14. The lowest BCUT2D eigenvalue weighted by molar-refractivity contribution is -0.140. The van der Waals surface area contributed by atoms with Gasteiger partial charge in [0, 0.05) is 22.6 Å². The highest BCUT2D eigenvalue weighted by molar-refractivity contribution is 6.04. The molecular formula is C32H33N3O2. The van der Waals surface area contributed by atoms with Crippen molar-refractivity contribution in [1.82, 2.24) is 0 Å². The molecule has 0 aromatic heterocycles. The van der Waals surface area contributed by atoms with E-state index < -0.39 is 0 Å². The van der Waals surface area contributed by atoms with Gasteiger partial charge < -0.3 is 16.0 Å². The van der Waals surface area contributed by atoms with Crippen molar-refractivity contribution in [2.24, 2.45) is 23.2 Å². The molecular weight excluding hydrogens is 458 g/mol. The summed E-state index contributed by atoms with van der Waals surface area (Å²) in [5.41, 5.74) is 5.70. The van der Waals surface area contributed by atoms with E-state index in [2.05, 4.69) is 34.1 Å². The molecule has 0 saturated heterocycles. The Balaban J connectivity index is 0.998. The number of carbonyl (C=O) groups is 2. The second kappa shape index (κ2) is 8.76. The van der Waals surface area contributed by atoms with Crippen LogP contribution in [0.25, 0.3) is 0 Å². The molecule has 4 fully saturated rings. The van der Waals surface area contributed by atoms with Crippen LogP contribution in [-0.2, 0) is 11.2 Å². The highest BCUT2D eigenvalue weighted by Crippen LogP contribution is 2.60. The van der Waals surface area contributed by atoms with Gasteiger partial charge in [0.2, 0.25) is 5.91 Å². The van der Waals surface area contributed by atoms with Gasteiger partial charge in [-0.25, -0.2) is 0 Å². The Hall–Kier alpha value is -3.60. The number of fused-ring (bicyclic) bond motifs is 1. The van der Waals surface area contributed by atoms with Crippen molar-refractivity contribution in [2.45, 2.75) is 51.0 Å². The van der Waals surface area contributed by atoms with Crippen molar-refractivity contribution >= 4 is 28.9 Å². The van der Waals surface area contributed by atoms with Crippen LogP contribution >= 0.6 is 0 Å². The fourth-order valence-electron chi connectivity index (χ4n) is 7.88. The first-order chi connectivity index (χ1) is 18.0. The summed E-state index contributed by atoms with van der Waals surface area (Å²) < 4.78 is 0. The summed E-state index contributed by atoms with van der Waals surface area (Å²) in [5, 5.41) is 9.89. The Kier molecular flexibility index (Phi) is 5.35. The number of benzene rings is 3. The zero-order valence-corrected chi connectivity index (χ0v) is 21.0. The third-order valence-corrected chi connectivity index (χ3v) is 9.24. The van der Waals surface area contributed by atoms with Gasteiger partial charge in [0.05, 0.1) is 11.5 Å². The van der Waals surface area contributed by atoms with E-state index in [0.717, 1.165) is 60.5 Å². The van der Waals surface area contributed by atoms with Crippen molar-refractivity contribution in [3.8, 4) is 0 Å². The van der Waals surface area contributed by atoms with E-state index in [9.17, 15) is 9.59 Å². The van der Waals surface area contributed by atoms with E-state index in [-0.39, 0.29) is 23.3 Å². The largest absolute Gasteiger partial charge is 0.378 e. The standard InChI is InChI=1S/C32H33N3O2/c36-30(24-4-2-1-3-5-24)33-27-10-11-28-25(15-27)16-29(35-28)23-6-8-26(9-7-23)34-31(37)32-17-20-12-21(18-32)14-22(13-20)19-32/h1-11,15,20-22,29,35H,12-14,16-19H2,(H,33,36)(H,34,37). The maximum absolute atomic E-state index is 13.4. The summed E-state index contributed by atoms with van der Waals surface area (Å²) in [6.45, 7) is 0. The number of nitrogens with one attached hydrogen (secondary N) is 3. The van der Waals surface area contributed by atoms with E-state index in [1.807, 2.05) is 54.6 Å². The van der Waals surface area contributed by atoms with Gasteiger partial charge in [0.25, 0.3) is 5.91 Å². The van der Waals surface area contributed by atoms with Crippen LogP contribution in [0.5, 0.6) is 0 Å². The Morgan fingerprint density at radius 3 is 2.08 bits per heavy atom. The predicted molar refractivity (Wildman–Crippen MR) is 147 cm³/mol. The summed E-state index contributed by atoms with van der Waals surface area (Å²) in [4.78, 5) is 25.9. The zero-order chi connectivity index (χ0) is 25.0. The van der Waals surface area contributed by atoms with Crippen LogP contribution in [0.1, 0.15) is 66.1 Å². The van der Waals surface area contributed by atoms with E-state index in [0.29, 0.717) is 5.56 Å². The van der Waals surface area contributed by atoms with Crippen molar-refractivity contribution in [1.29, 1.82) is 0 Å². The van der Waals surface area contributed by atoms with E-state index in [1.165, 1.54) is 30.4 Å². The number of hydrogen-bond donors (Lipinski definition) is 3. The normalized spacial score (nSPS) is 28.9. The van der Waals surface area contributed by atoms with Crippen LogP contribution in [0.15, 0.2) is 72.8 Å². The first kappa shape index (κ1) is 22.6. The lowest BCUT2D eigenvalue weighted by Gasteiger charge is -2.55. The first-order valence-electron chi connectivity index (χ1n) is 13.7. The highest BCUT2D eigenvalue weighted by atomic mass is 16.2. The minimum Gasteiger partial charge on any atom is -0.378 e. The van der Waals surface area contributed by atoms with Gasteiger partial charge in [-0.2, -0.15) is 0 Å². The average Bonchev–Trinajstić information content (AvgIpc) is 3.32. The molecule has 0 radical (unpaired) electrons. The number of anilines is 3. The molecule has 1 atom stereocenters. The van der Waals surface area contributed by atoms with Gasteiger partial charge >= 0.3 is 0 Å². The van der Waals surface area contributed by atoms with Gasteiger partial charge in [0.15, 0.2) is 0 Å². The third-order valence-electron chi connectivity index (χ3n) is 9.24. The molecule has 1 aliphatic heterocycles. The van der Waals surface area contributed by atoms with Crippen molar-refractivity contribution < 1.29 is 9.59 Å². The molecule has 1 heterocycles. The molecule has 3 aromatic rings. The van der Waals surface area contributed by atoms with E-state index >= 15 is 0 Å². The SMILES string of the molecule is O=C(Nc1ccc2c(c1)CC(c1ccc(NC(=O)C34CC5CC(CC(C5)C3)C4)cc1)N2)c1ccccc1. The maximum atomic E-state index is 13.4. The van der Waals surface area contributed by atoms with Gasteiger partial charge in [-0.3, -0.25) is 9.59 Å². The third kappa shape index (κ3) is 4.20. The van der Waals surface area contributed by atoms with Crippen LogP contribution in [-0.4, -0.2) is 11.8 Å². The Morgan fingerprint density at radius 1 is 0.757 bits per heavy atom. The fraction of sp³-hybridized carbons (Fsp3) is 0.375. The second-order valence-electron chi connectivity index (χ2n) is 11.9. The molecule has 188 valence electrons. The maximum Gasteiger partial charge on any atom is 0.255 e. The van der Waals surface area contributed by atoms with Crippen LogP contribution < -0.4 is 16.0 Å². The molecule has 4 aliphatic carbocycles. The highest BCUT2D eigenvalue weighted by Gasteiger charge is 2.54. The molecule has 5 aliphatic rings. The second-order valence-corrected chi connectivity index (χ2v) is 11.9. The molecule has 8 rings (SSSR count). The molecule has 2 amide bonds. The minimum atomic E-state index is -0.129. The van der Waals surface area contributed by atoms with Crippen LogP contribution in [0.4, 0.5) is 17.1 Å². The minimum absolute atomic E-state index is 0.103. The van der Waals surface area contributed by atoms with E-state index in [4.69, 9.17) is 0 Å². The molecule has 4 bridgehead atoms. The Bertz CT molecular complexity index is 1310. The summed E-state index contributed by atoms with van der Waals surface area (Å²) in [6, 6.07) is 23.8. The Morgan fingerprint density at radius 2 is 1.41 bits per heavy atom. The van der Waals surface area contributed by atoms with Gasteiger partial charge in [-0.1, -0.05) is 30.3 Å². The number of hydrogen-bond acceptors (Lipinski definition) is 3. The Labute approximate surface area is 218 Å². The van der Waals surface area contributed by atoms with Crippen LogP contribution in [0.2, 0.25) is 0 Å². The summed E-state index contributed by atoms with van der Waals surface area (Å²) >= 11 is 0. The smallest absolute Gasteiger partial charge is 0.255 e. The molecule has 5 heteroatoms. The van der Waals surface area contributed by atoms with Crippen LogP contribution in [0, 0.1) is 23.2 Å². The van der Waals surface area contributed by atoms with Gasteiger partial charge in [-0.05, 0) is 116 Å². The predicted octanol–water partition coefficient (Wildman–Crippen LogP) is 6.80. The van der Waals surface area contributed by atoms with E-state index in [1.54, 1.807) is 0 Å². The zero-order valence-electron chi connectivity index (χ0n) is 21.0. The molecule has 37 heavy (non-hydrogen) atoms. The van der Waals surface area contributed by atoms with Crippen molar-refractivity contribution in [3.63, 3.8) is 0 Å². The van der Waals surface area contributed by atoms with Gasteiger partial charge in [-0.15, -0.1) is 0 Å².